The molecular formula is C36H37F2N7O2. The molecule has 1 amide bonds. The van der Waals surface area contributed by atoms with Gasteiger partial charge >= 0.3 is 6.09 Å². The number of amides is 1. The number of hydrogen-bond donors (Lipinski definition) is 2. The molecule has 3 aromatic heterocycles. The SMILES string of the molecule is CC(C)(C)OC(=O)NC1(c2ccc(-n3c(-c4cccnc4N)nc4ccc(-c5cccc(N6CCC(F)(F)C6)c5)nc43)cc2)CCC1. The van der Waals surface area contributed by atoms with E-state index >= 15 is 0 Å². The van der Waals surface area contributed by atoms with Gasteiger partial charge in [0.15, 0.2) is 11.5 Å². The topological polar surface area (TPSA) is 111 Å². The van der Waals surface area contributed by atoms with Crippen molar-refractivity contribution in [1.82, 2.24) is 24.8 Å². The molecule has 242 valence electrons. The number of anilines is 2. The summed E-state index contributed by atoms with van der Waals surface area (Å²) in [6.07, 6.45) is 3.68. The fourth-order valence-corrected chi connectivity index (χ4v) is 6.41. The van der Waals surface area contributed by atoms with E-state index in [2.05, 4.69) is 10.3 Å². The van der Waals surface area contributed by atoms with Crippen molar-refractivity contribution < 1.29 is 18.3 Å². The normalized spacial score (nSPS) is 17.0. The number of aromatic nitrogens is 4. The van der Waals surface area contributed by atoms with E-state index in [0.29, 0.717) is 40.6 Å². The molecule has 0 spiro atoms. The Morgan fingerprint density at radius 1 is 0.957 bits per heavy atom. The highest BCUT2D eigenvalue weighted by Gasteiger charge is 2.41. The summed E-state index contributed by atoms with van der Waals surface area (Å²) in [5.41, 5.74) is 11.2. The molecule has 0 radical (unpaired) electrons. The first-order valence-corrected chi connectivity index (χ1v) is 15.9. The summed E-state index contributed by atoms with van der Waals surface area (Å²) in [6.45, 7) is 5.55. The molecule has 3 N–H and O–H groups in total. The molecule has 5 aromatic rings. The van der Waals surface area contributed by atoms with Gasteiger partial charge in [-0.3, -0.25) is 4.57 Å². The maximum atomic E-state index is 14.0. The number of fused-ring (bicyclic) bond motifs is 1. The van der Waals surface area contributed by atoms with Crippen LogP contribution in [0.1, 0.15) is 52.0 Å². The molecule has 11 heteroatoms. The molecule has 1 saturated carbocycles. The fraction of sp³-hybridized carbons (Fsp3) is 0.333. The van der Waals surface area contributed by atoms with Crippen molar-refractivity contribution in [2.45, 2.75) is 63.5 Å². The Morgan fingerprint density at radius 3 is 2.40 bits per heavy atom. The van der Waals surface area contributed by atoms with E-state index in [9.17, 15) is 13.6 Å². The van der Waals surface area contributed by atoms with E-state index in [-0.39, 0.29) is 13.0 Å². The minimum absolute atomic E-state index is 0.155. The van der Waals surface area contributed by atoms with Gasteiger partial charge in [0.25, 0.3) is 5.92 Å². The van der Waals surface area contributed by atoms with Crippen LogP contribution < -0.4 is 16.0 Å². The lowest BCUT2D eigenvalue weighted by Gasteiger charge is -2.43. The third kappa shape index (κ3) is 5.97. The van der Waals surface area contributed by atoms with Crippen LogP contribution in [-0.2, 0) is 10.3 Å². The zero-order valence-corrected chi connectivity index (χ0v) is 26.6. The number of alkyl carbamates (subject to hydrolysis) is 1. The quantitative estimate of drug-likeness (QED) is 0.199. The Labute approximate surface area is 271 Å². The molecule has 0 atom stereocenters. The van der Waals surface area contributed by atoms with Crippen LogP contribution in [-0.4, -0.2) is 50.2 Å². The van der Waals surface area contributed by atoms with Crippen LogP contribution in [0.2, 0.25) is 0 Å². The van der Waals surface area contributed by atoms with Gasteiger partial charge in [0.05, 0.1) is 23.3 Å². The van der Waals surface area contributed by atoms with Crippen LogP contribution in [0.15, 0.2) is 79.0 Å². The van der Waals surface area contributed by atoms with Crippen LogP contribution in [0, 0.1) is 0 Å². The number of pyridine rings is 2. The number of ether oxygens (including phenoxy) is 1. The molecule has 2 aliphatic rings. The fourth-order valence-electron chi connectivity index (χ4n) is 6.41. The summed E-state index contributed by atoms with van der Waals surface area (Å²) in [5.74, 6) is -1.77. The number of imidazole rings is 1. The highest BCUT2D eigenvalue weighted by Crippen LogP contribution is 2.42. The van der Waals surface area contributed by atoms with Gasteiger partial charge in [-0.2, -0.15) is 0 Å². The smallest absolute Gasteiger partial charge is 0.408 e. The van der Waals surface area contributed by atoms with E-state index in [1.54, 1.807) is 11.1 Å². The second-order valence-corrected chi connectivity index (χ2v) is 13.4. The maximum Gasteiger partial charge on any atom is 0.408 e. The molecule has 0 bridgehead atoms. The second-order valence-electron chi connectivity index (χ2n) is 13.4. The standard InChI is InChI=1S/C36H37F2N7O2/c1-34(2,3)47-33(46)43-35(16-6-17-35)24-10-12-25(13-11-24)45-31(27-9-5-19-40-30(27)39)42-29-15-14-28(41-32(29)45)23-7-4-8-26(21-23)44-20-18-36(37,38)22-44/h4-5,7-15,19,21H,6,16-18,20,22H2,1-3H3,(H2,39,40)(H,43,46). The predicted octanol–water partition coefficient (Wildman–Crippen LogP) is 7.48. The van der Waals surface area contributed by atoms with Gasteiger partial charge in [-0.15, -0.1) is 0 Å². The first-order valence-electron chi connectivity index (χ1n) is 15.9. The third-order valence-corrected chi connectivity index (χ3v) is 8.89. The summed E-state index contributed by atoms with van der Waals surface area (Å²) in [5, 5.41) is 3.12. The van der Waals surface area contributed by atoms with Crippen molar-refractivity contribution in [2.75, 3.05) is 23.7 Å². The molecular weight excluding hydrogens is 600 g/mol. The lowest BCUT2D eigenvalue weighted by Crippen LogP contribution is -2.52. The molecule has 1 aliphatic heterocycles. The van der Waals surface area contributed by atoms with Crippen molar-refractivity contribution in [3.05, 3.63) is 84.6 Å². The van der Waals surface area contributed by atoms with Crippen LogP contribution in [0.25, 0.3) is 39.5 Å². The van der Waals surface area contributed by atoms with Crippen molar-refractivity contribution in [1.29, 1.82) is 0 Å². The number of alkyl halides is 2. The van der Waals surface area contributed by atoms with Gasteiger partial charge in [0, 0.05) is 36.1 Å². The Kier molecular flexibility index (Phi) is 7.37. The summed E-state index contributed by atoms with van der Waals surface area (Å²) in [6, 6.07) is 23.1. The number of carbonyl (C=O) groups excluding carboxylic acids is 1. The minimum atomic E-state index is -2.69. The number of rotatable bonds is 6. The van der Waals surface area contributed by atoms with Crippen molar-refractivity contribution in [3.63, 3.8) is 0 Å². The summed E-state index contributed by atoms with van der Waals surface area (Å²) in [7, 11) is 0. The Bertz CT molecular complexity index is 1960. The lowest BCUT2D eigenvalue weighted by molar-refractivity contribution is 0.0256. The molecule has 4 heterocycles. The Morgan fingerprint density at radius 2 is 1.74 bits per heavy atom. The van der Waals surface area contributed by atoms with E-state index in [1.165, 1.54) is 0 Å². The average molecular weight is 638 g/mol. The number of nitrogen functional groups attached to an aromatic ring is 1. The van der Waals surface area contributed by atoms with Crippen LogP contribution in [0.4, 0.5) is 25.1 Å². The van der Waals surface area contributed by atoms with Crippen LogP contribution in [0.5, 0.6) is 0 Å². The van der Waals surface area contributed by atoms with Gasteiger partial charge < -0.3 is 20.7 Å². The van der Waals surface area contributed by atoms with Gasteiger partial charge in [0.1, 0.15) is 16.9 Å². The Hall–Kier alpha value is -5.06. The first kappa shape index (κ1) is 30.6. The maximum absolute atomic E-state index is 14.0. The van der Waals surface area contributed by atoms with E-state index in [1.807, 2.05) is 98.1 Å². The highest BCUT2D eigenvalue weighted by molar-refractivity contribution is 5.85. The number of benzene rings is 2. The van der Waals surface area contributed by atoms with Crippen molar-refractivity contribution >= 4 is 28.8 Å². The monoisotopic (exact) mass is 637 g/mol. The van der Waals surface area contributed by atoms with Crippen LogP contribution in [0.3, 0.4) is 0 Å². The van der Waals surface area contributed by atoms with Gasteiger partial charge in [-0.25, -0.2) is 28.5 Å². The first-order chi connectivity index (χ1) is 22.4. The molecule has 1 aliphatic carbocycles. The van der Waals surface area contributed by atoms with Gasteiger partial charge in [-0.05, 0) is 94.1 Å². The van der Waals surface area contributed by atoms with Gasteiger partial charge in [0.2, 0.25) is 0 Å². The largest absolute Gasteiger partial charge is 0.444 e. The van der Waals surface area contributed by atoms with E-state index < -0.39 is 23.2 Å². The number of nitrogens with two attached hydrogens (primary N) is 1. The molecule has 2 fully saturated rings. The molecule has 0 unspecified atom stereocenters. The number of nitrogens with one attached hydrogen (secondary N) is 1. The molecule has 1 saturated heterocycles. The molecule has 2 aromatic carbocycles. The zero-order chi connectivity index (χ0) is 33.0. The molecule has 7 rings (SSSR count). The summed E-state index contributed by atoms with van der Waals surface area (Å²) in [4.78, 5) is 28.8. The number of hydrogen-bond acceptors (Lipinski definition) is 7. The van der Waals surface area contributed by atoms with E-state index in [4.69, 9.17) is 20.4 Å². The minimum Gasteiger partial charge on any atom is -0.444 e. The van der Waals surface area contributed by atoms with E-state index in [0.717, 1.165) is 41.8 Å². The van der Waals surface area contributed by atoms with Crippen LogP contribution >= 0.6 is 0 Å². The predicted molar refractivity (Wildman–Crippen MR) is 179 cm³/mol. The Balaban J connectivity index is 1.29. The lowest BCUT2D eigenvalue weighted by atomic mass is 9.72. The highest BCUT2D eigenvalue weighted by atomic mass is 19.3. The number of nitrogens with zero attached hydrogens (tertiary/aromatic N) is 5. The molecule has 47 heavy (non-hydrogen) atoms. The van der Waals surface area contributed by atoms with Crippen molar-refractivity contribution in [2.24, 2.45) is 0 Å². The summed E-state index contributed by atoms with van der Waals surface area (Å²) >= 11 is 0. The zero-order valence-electron chi connectivity index (χ0n) is 26.6. The second kappa shape index (κ2) is 11.3. The van der Waals surface area contributed by atoms with Crippen molar-refractivity contribution in [3.8, 4) is 28.3 Å². The third-order valence-electron chi connectivity index (χ3n) is 8.89. The molecule has 9 nitrogen and oxygen atoms in total. The number of carbonyl (C=O) groups is 1. The summed E-state index contributed by atoms with van der Waals surface area (Å²) < 4.78 is 35.5. The van der Waals surface area contributed by atoms with Gasteiger partial charge in [-0.1, -0.05) is 24.3 Å². The average Bonchev–Trinajstić information content (AvgIpc) is 3.58. The number of halogens is 2.